The minimum absolute atomic E-state index is 0.122. The van der Waals surface area contributed by atoms with Gasteiger partial charge in [0, 0.05) is 16.0 Å². The van der Waals surface area contributed by atoms with Crippen molar-refractivity contribution < 1.29 is 4.79 Å². The van der Waals surface area contributed by atoms with Crippen LogP contribution in [0, 0.1) is 6.92 Å². The second-order valence-electron chi connectivity index (χ2n) is 7.33. The molecule has 28 heavy (non-hydrogen) atoms. The Bertz CT molecular complexity index is 1170. The molecule has 1 aromatic heterocycles. The number of ketones is 1. The molecular weight excluding hydrogens is 360 g/mol. The predicted octanol–water partition coefficient (Wildman–Crippen LogP) is 6.72. The molecule has 0 N–H and O–H groups in total. The summed E-state index contributed by atoms with van der Waals surface area (Å²) >= 11 is 1.65. The van der Waals surface area contributed by atoms with Crippen molar-refractivity contribution >= 4 is 17.1 Å². The van der Waals surface area contributed by atoms with Crippen LogP contribution in [0.15, 0.2) is 78.9 Å². The van der Waals surface area contributed by atoms with Crippen LogP contribution in [0.2, 0.25) is 0 Å². The number of benzene rings is 3. The third kappa shape index (κ3) is 2.81. The minimum Gasteiger partial charge on any atom is -0.288 e. The Morgan fingerprint density at radius 1 is 0.821 bits per heavy atom. The summed E-state index contributed by atoms with van der Waals surface area (Å²) in [6.45, 7) is 2.11. The fourth-order valence-corrected chi connectivity index (χ4v) is 5.38. The van der Waals surface area contributed by atoms with Crippen LogP contribution in [0.3, 0.4) is 0 Å². The number of rotatable bonds is 3. The monoisotopic (exact) mass is 380 g/mol. The molecule has 1 heterocycles. The number of carbonyl (C=O) groups excluding carboxylic acids is 1. The first-order chi connectivity index (χ1) is 13.7. The van der Waals surface area contributed by atoms with Crippen molar-refractivity contribution in [1.29, 1.82) is 0 Å². The van der Waals surface area contributed by atoms with Crippen LogP contribution in [0.4, 0.5) is 0 Å². The molecule has 1 aliphatic rings. The average molecular weight is 381 g/mol. The zero-order chi connectivity index (χ0) is 19.1. The summed E-state index contributed by atoms with van der Waals surface area (Å²) in [7, 11) is 0. The van der Waals surface area contributed by atoms with Gasteiger partial charge in [0.05, 0.1) is 4.88 Å². The van der Waals surface area contributed by atoms with Crippen LogP contribution in [0.25, 0.3) is 21.6 Å². The molecule has 0 radical (unpaired) electrons. The molecule has 5 rings (SSSR count). The molecule has 0 aliphatic heterocycles. The maximum absolute atomic E-state index is 13.4. The smallest absolute Gasteiger partial charge is 0.203 e. The lowest BCUT2D eigenvalue weighted by molar-refractivity contribution is 0.104. The van der Waals surface area contributed by atoms with Crippen molar-refractivity contribution in [2.24, 2.45) is 0 Å². The standard InChI is InChI=1S/C26H20OS/c1-17-11-13-20(14-12-17)25-22-16-15-18-7-5-6-10-21(18)23(22)26(28-25)24(27)19-8-3-2-4-9-19/h2-14H,15-16H2,1H3. The lowest BCUT2D eigenvalue weighted by Crippen LogP contribution is -2.06. The fraction of sp³-hybridized carbons (Fsp3) is 0.115. The summed E-state index contributed by atoms with van der Waals surface area (Å²) < 4.78 is 0. The Balaban J connectivity index is 1.75. The molecule has 3 aromatic carbocycles. The maximum atomic E-state index is 13.4. The molecule has 1 aliphatic carbocycles. The van der Waals surface area contributed by atoms with Crippen LogP contribution < -0.4 is 0 Å². The quantitative estimate of drug-likeness (QED) is 0.361. The van der Waals surface area contributed by atoms with Gasteiger partial charge in [-0.1, -0.05) is 84.4 Å². The highest BCUT2D eigenvalue weighted by molar-refractivity contribution is 7.18. The van der Waals surface area contributed by atoms with Gasteiger partial charge in [-0.15, -0.1) is 11.3 Å². The molecule has 0 bridgehead atoms. The van der Waals surface area contributed by atoms with E-state index in [1.807, 2.05) is 30.3 Å². The summed E-state index contributed by atoms with van der Waals surface area (Å²) in [5.74, 6) is 0.122. The molecule has 0 saturated carbocycles. The lowest BCUT2D eigenvalue weighted by atomic mass is 9.84. The zero-order valence-electron chi connectivity index (χ0n) is 15.7. The molecule has 2 heteroatoms. The Hall–Kier alpha value is -2.97. The van der Waals surface area contributed by atoms with E-state index < -0.39 is 0 Å². The van der Waals surface area contributed by atoms with Gasteiger partial charge in [0.2, 0.25) is 5.78 Å². The van der Waals surface area contributed by atoms with E-state index in [2.05, 4.69) is 55.5 Å². The van der Waals surface area contributed by atoms with Crippen molar-refractivity contribution in [3.8, 4) is 21.6 Å². The topological polar surface area (TPSA) is 17.1 Å². The van der Waals surface area contributed by atoms with Gasteiger partial charge in [-0.2, -0.15) is 0 Å². The molecule has 1 nitrogen and oxygen atoms in total. The molecule has 0 atom stereocenters. The molecule has 136 valence electrons. The third-order valence-corrected chi connectivity index (χ3v) is 6.77. The largest absolute Gasteiger partial charge is 0.288 e. The van der Waals surface area contributed by atoms with Crippen LogP contribution in [0.1, 0.15) is 31.9 Å². The van der Waals surface area contributed by atoms with Gasteiger partial charge < -0.3 is 0 Å². The van der Waals surface area contributed by atoms with Gasteiger partial charge in [0.25, 0.3) is 0 Å². The van der Waals surface area contributed by atoms with Crippen LogP contribution >= 0.6 is 11.3 Å². The van der Waals surface area contributed by atoms with Crippen molar-refractivity contribution in [2.45, 2.75) is 19.8 Å². The highest BCUT2D eigenvalue weighted by Crippen LogP contribution is 2.47. The average Bonchev–Trinajstić information content (AvgIpc) is 3.14. The second kappa shape index (κ2) is 6.88. The van der Waals surface area contributed by atoms with Crippen LogP contribution in [-0.4, -0.2) is 5.78 Å². The van der Waals surface area contributed by atoms with E-state index in [0.717, 1.165) is 28.8 Å². The number of hydrogen-bond acceptors (Lipinski definition) is 2. The SMILES string of the molecule is Cc1ccc(-c2sc(C(=O)c3ccccc3)c3c2CCc2ccccc2-3)cc1. The number of thiophene rings is 1. The highest BCUT2D eigenvalue weighted by Gasteiger charge is 2.28. The summed E-state index contributed by atoms with van der Waals surface area (Å²) in [4.78, 5) is 15.5. The number of fused-ring (bicyclic) bond motifs is 3. The van der Waals surface area contributed by atoms with E-state index in [-0.39, 0.29) is 5.78 Å². The number of aryl methyl sites for hydroxylation is 2. The molecule has 0 unspecified atom stereocenters. The van der Waals surface area contributed by atoms with Gasteiger partial charge in [0.1, 0.15) is 0 Å². The van der Waals surface area contributed by atoms with E-state index in [1.165, 1.54) is 32.7 Å². The normalized spacial score (nSPS) is 12.3. The Morgan fingerprint density at radius 3 is 2.32 bits per heavy atom. The van der Waals surface area contributed by atoms with Crippen LogP contribution in [-0.2, 0) is 12.8 Å². The molecule has 0 fully saturated rings. The van der Waals surface area contributed by atoms with E-state index >= 15 is 0 Å². The third-order valence-electron chi connectivity index (χ3n) is 5.49. The highest BCUT2D eigenvalue weighted by atomic mass is 32.1. The lowest BCUT2D eigenvalue weighted by Gasteiger charge is -2.19. The van der Waals surface area contributed by atoms with Crippen LogP contribution in [0.5, 0.6) is 0 Å². The second-order valence-corrected chi connectivity index (χ2v) is 8.35. The molecule has 4 aromatic rings. The van der Waals surface area contributed by atoms with E-state index in [0.29, 0.717) is 0 Å². The van der Waals surface area contributed by atoms with Gasteiger partial charge in [-0.05, 0) is 42.0 Å². The van der Waals surface area contributed by atoms with Crippen molar-refractivity contribution in [3.63, 3.8) is 0 Å². The van der Waals surface area contributed by atoms with Gasteiger partial charge in [-0.3, -0.25) is 4.79 Å². The predicted molar refractivity (Wildman–Crippen MR) is 117 cm³/mol. The number of hydrogen-bond donors (Lipinski definition) is 0. The fourth-order valence-electron chi connectivity index (χ4n) is 4.05. The Kier molecular flexibility index (Phi) is 4.22. The summed E-state index contributed by atoms with van der Waals surface area (Å²) in [6.07, 6.45) is 2.01. The zero-order valence-corrected chi connectivity index (χ0v) is 16.6. The Morgan fingerprint density at radius 2 is 1.54 bits per heavy atom. The number of carbonyl (C=O) groups is 1. The molecule has 0 saturated heterocycles. The first-order valence-electron chi connectivity index (χ1n) is 9.63. The maximum Gasteiger partial charge on any atom is 0.203 e. The van der Waals surface area contributed by atoms with E-state index in [4.69, 9.17) is 0 Å². The summed E-state index contributed by atoms with van der Waals surface area (Å²) in [6, 6.07) is 26.8. The first-order valence-corrected chi connectivity index (χ1v) is 10.4. The van der Waals surface area contributed by atoms with Gasteiger partial charge >= 0.3 is 0 Å². The van der Waals surface area contributed by atoms with E-state index in [1.54, 1.807) is 11.3 Å². The summed E-state index contributed by atoms with van der Waals surface area (Å²) in [5.41, 5.74) is 8.25. The van der Waals surface area contributed by atoms with Gasteiger partial charge in [0.15, 0.2) is 0 Å². The minimum atomic E-state index is 0.122. The van der Waals surface area contributed by atoms with Crippen molar-refractivity contribution in [2.75, 3.05) is 0 Å². The van der Waals surface area contributed by atoms with Gasteiger partial charge in [-0.25, -0.2) is 0 Å². The summed E-state index contributed by atoms with van der Waals surface area (Å²) in [5, 5.41) is 0. The van der Waals surface area contributed by atoms with E-state index in [9.17, 15) is 4.79 Å². The Labute approximate surface area is 169 Å². The molecular formula is C26H20OS. The van der Waals surface area contributed by atoms with Crippen molar-refractivity contribution in [1.82, 2.24) is 0 Å². The molecule has 0 amide bonds. The van der Waals surface area contributed by atoms with Crippen molar-refractivity contribution in [3.05, 3.63) is 106 Å². The first kappa shape index (κ1) is 17.2. The molecule has 0 spiro atoms.